The minimum Gasteiger partial charge on any atom is -0.391 e. The Bertz CT molecular complexity index is 719. The van der Waals surface area contributed by atoms with Crippen LogP contribution in [-0.4, -0.2) is 59.8 Å². The van der Waals surface area contributed by atoms with E-state index in [0.29, 0.717) is 17.7 Å². The first-order valence-electron chi connectivity index (χ1n) is 7.51. The molecule has 0 saturated heterocycles. The van der Waals surface area contributed by atoms with Crippen LogP contribution in [0.3, 0.4) is 0 Å². The third kappa shape index (κ3) is 7.06. The lowest BCUT2D eigenvalue weighted by Gasteiger charge is -2.19. The van der Waals surface area contributed by atoms with Crippen molar-refractivity contribution in [3.05, 3.63) is 35.4 Å². The molecule has 1 rings (SSSR count). The molecule has 25 heavy (non-hydrogen) atoms. The van der Waals surface area contributed by atoms with Crippen LogP contribution in [-0.2, 0) is 4.79 Å². The van der Waals surface area contributed by atoms with Gasteiger partial charge in [-0.15, -0.1) is 0 Å². The molecule has 0 aliphatic heterocycles. The quantitative estimate of drug-likeness (QED) is 0.331. The van der Waals surface area contributed by atoms with Crippen molar-refractivity contribution in [2.45, 2.75) is 19.1 Å². The number of hydrogen-bond donors (Lipinski definition) is 4. The summed E-state index contributed by atoms with van der Waals surface area (Å²) < 4.78 is 0. The molecule has 7 nitrogen and oxygen atoms in total. The van der Waals surface area contributed by atoms with Gasteiger partial charge in [0.15, 0.2) is 0 Å². The van der Waals surface area contributed by atoms with Crippen LogP contribution in [0.5, 0.6) is 0 Å². The molecule has 7 heteroatoms. The number of carbonyl (C=O) groups is 2. The van der Waals surface area contributed by atoms with Gasteiger partial charge in [0.25, 0.3) is 11.8 Å². The Morgan fingerprint density at radius 1 is 1.20 bits per heavy atom. The van der Waals surface area contributed by atoms with Gasteiger partial charge in [-0.1, -0.05) is 11.8 Å². The zero-order valence-electron chi connectivity index (χ0n) is 14.3. The van der Waals surface area contributed by atoms with Crippen molar-refractivity contribution >= 4 is 11.8 Å². The Morgan fingerprint density at radius 3 is 2.36 bits per heavy atom. The van der Waals surface area contributed by atoms with Gasteiger partial charge >= 0.3 is 0 Å². The predicted molar refractivity (Wildman–Crippen MR) is 92.5 cm³/mol. The van der Waals surface area contributed by atoms with Crippen LogP contribution >= 0.6 is 0 Å². The van der Waals surface area contributed by atoms with Crippen LogP contribution in [0.2, 0.25) is 0 Å². The summed E-state index contributed by atoms with van der Waals surface area (Å²) in [4.78, 5) is 25.5. The van der Waals surface area contributed by atoms with Gasteiger partial charge in [-0.25, -0.2) is 5.48 Å². The molecular weight excluding hydrogens is 322 g/mol. The molecule has 0 spiro atoms. The summed E-state index contributed by atoms with van der Waals surface area (Å²) in [5, 5.41) is 20.5. The van der Waals surface area contributed by atoms with E-state index in [1.165, 1.54) is 12.4 Å². The van der Waals surface area contributed by atoms with Gasteiger partial charge in [0.2, 0.25) is 0 Å². The van der Waals surface area contributed by atoms with Crippen molar-refractivity contribution in [2.24, 2.45) is 0 Å². The fraction of sp³-hybridized carbons (Fsp3) is 0.333. The summed E-state index contributed by atoms with van der Waals surface area (Å²) in [6, 6.07) is 5.13. The van der Waals surface area contributed by atoms with Crippen LogP contribution in [0.25, 0.3) is 0 Å². The van der Waals surface area contributed by atoms with Gasteiger partial charge in [-0.05, 0) is 57.1 Å². The van der Waals surface area contributed by atoms with Crippen molar-refractivity contribution in [2.75, 3.05) is 20.6 Å². The summed E-state index contributed by atoms with van der Waals surface area (Å²) in [7, 11) is 3.83. The van der Waals surface area contributed by atoms with E-state index in [0.717, 1.165) is 0 Å². The lowest BCUT2D eigenvalue weighted by molar-refractivity contribution is -0.133. The first-order valence-corrected chi connectivity index (χ1v) is 7.51. The minimum absolute atomic E-state index is 0.292. The minimum atomic E-state index is -1.26. The molecule has 4 N–H and O–H groups in total. The Balaban J connectivity index is 2.75. The van der Waals surface area contributed by atoms with Crippen LogP contribution in [0, 0.1) is 23.7 Å². The fourth-order valence-electron chi connectivity index (χ4n) is 1.75. The van der Waals surface area contributed by atoms with Gasteiger partial charge in [0, 0.05) is 11.1 Å². The highest BCUT2D eigenvalue weighted by Gasteiger charge is 2.25. The van der Waals surface area contributed by atoms with E-state index >= 15 is 0 Å². The van der Waals surface area contributed by atoms with Crippen LogP contribution in [0.4, 0.5) is 0 Å². The van der Waals surface area contributed by atoms with Crippen LogP contribution in [0.1, 0.15) is 22.8 Å². The topological polar surface area (TPSA) is 102 Å². The van der Waals surface area contributed by atoms with Gasteiger partial charge in [0.05, 0.1) is 12.6 Å². The maximum absolute atomic E-state index is 12.1. The highest BCUT2D eigenvalue weighted by molar-refractivity contribution is 5.97. The van der Waals surface area contributed by atoms with Crippen molar-refractivity contribution in [1.29, 1.82) is 0 Å². The van der Waals surface area contributed by atoms with E-state index in [4.69, 9.17) is 5.21 Å². The maximum atomic E-state index is 12.1. The monoisotopic (exact) mass is 343 g/mol. The number of nitrogens with zero attached hydrogens (tertiary/aromatic N) is 1. The second-order valence-electron chi connectivity index (χ2n) is 5.53. The van der Waals surface area contributed by atoms with Gasteiger partial charge in [-0.3, -0.25) is 19.7 Å². The number of benzene rings is 1. The lowest BCUT2D eigenvalue weighted by atomic mass is 10.1. The third-order valence-corrected chi connectivity index (χ3v) is 3.06. The molecule has 0 radical (unpaired) electrons. The van der Waals surface area contributed by atoms with Crippen molar-refractivity contribution in [3.8, 4) is 23.7 Å². The lowest BCUT2D eigenvalue weighted by Crippen LogP contribution is -2.51. The molecule has 0 saturated carbocycles. The molecule has 0 bridgehead atoms. The molecule has 1 aromatic carbocycles. The number of nitrogens with one attached hydrogen (secondary N) is 2. The maximum Gasteiger partial charge on any atom is 0.268 e. The summed E-state index contributed by atoms with van der Waals surface area (Å²) in [6.45, 7) is 1.95. The normalized spacial score (nSPS) is 12.1. The zero-order valence-corrected chi connectivity index (χ0v) is 14.3. The summed E-state index contributed by atoms with van der Waals surface area (Å²) in [5.74, 6) is 9.75. The molecular formula is C18H21N3O4. The van der Waals surface area contributed by atoms with E-state index in [2.05, 4.69) is 29.0 Å². The molecule has 2 atom stereocenters. The van der Waals surface area contributed by atoms with Crippen LogP contribution in [0.15, 0.2) is 24.3 Å². The number of aliphatic hydroxyl groups excluding tert-OH is 1. The molecule has 2 amide bonds. The molecule has 0 aliphatic rings. The average Bonchev–Trinajstić information content (AvgIpc) is 2.58. The highest BCUT2D eigenvalue weighted by atomic mass is 16.5. The summed E-state index contributed by atoms with van der Waals surface area (Å²) in [6.07, 6.45) is -1.16. The summed E-state index contributed by atoms with van der Waals surface area (Å²) in [5.41, 5.74) is 2.39. The second-order valence-corrected chi connectivity index (χ2v) is 5.53. The molecule has 0 fully saturated rings. The largest absolute Gasteiger partial charge is 0.391 e. The predicted octanol–water partition coefficient (Wildman–Crippen LogP) is -0.412. The van der Waals surface area contributed by atoms with Crippen LogP contribution < -0.4 is 10.8 Å². The number of aliphatic hydroxyl groups is 1. The fourth-order valence-corrected chi connectivity index (χ4v) is 1.75. The van der Waals surface area contributed by atoms with Gasteiger partial charge in [-0.2, -0.15) is 0 Å². The van der Waals surface area contributed by atoms with Crippen molar-refractivity contribution < 1.29 is 19.9 Å². The standard InChI is InChI=1S/C18H21N3O4/c1-13(22)16(18(24)20-25)19-17(23)15-10-8-14(9-11-15)7-5-4-6-12-21(2)3/h8-11,13,16,22,25H,12H2,1-3H3,(H,19,23)(H,20,24). The highest BCUT2D eigenvalue weighted by Crippen LogP contribution is 2.05. The molecule has 1 aromatic rings. The number of rotatable bonds is 5. The first-order chi connectivity index (χ1) is 11.8. The molecule has 2 unspecified atom stereocenters. The van der Waals surface area contributed by atoms with E-state index in [1.54, 1.807) is 24.3 Å². The number of amides is 2. The van der Waals surface area contributed by atoms with Gasteiger partial charge in [0.1, 0.15) is 6.04 Å². The van der Waals surface area contributed by atoms with Crippen molar-refractivity contribution in [3.63, 3.8) is 0 Å². The number of carbonyl (C=O) groups excluding carboxylic acids is 2. The molecule has 132 valence electrons. The SMILES string of the molecule is CC(O)C(NC(=O)c1ccc(C#CC#CCN(C)C)cc1)C(=O)NO. The zero-order chi connectivity index (χ0) is 18.8. The average molecular weight is 343 g/mol. The first kappa shape index (κ1) is 20.2. The smallest absolute Gasteiger partial charge is 0.268 e. The Hall–Kier alpha value is -2.84. The van der Waals surface area contributed by atoms with E-state index in [-0.39, 0.29) is 0 Å². The Kier molecular flexibility index (Phi) is 8.17. The number of hydroxylamine groups is 1. The van der Waals surface area contributed by atoms with Crippen molar-refractivity contribution in [1.82, 2.24) is 15.7 Å². The second kappa shape index (κ2) is 10.1. The van der Waals surface area contributed by atoms with Gasteiger partial charge < -0.3 is 10.4 Å². The number of hydrogen-bond acceptors (Lipinski definition) is 5. The Morgan fingerprint density at radius 2 is 1.84 bits per heavy atom. The van der Waals surface area contributed by atoms with E-state index in [1.807, 2.05) is 19.0 Å². The molecule has 0 heterocycles. The van der Waals surface area contributed by atoms with E-state index in [9.17, 15) is 14.7 Å². The third-order valence-electron chi connectivity index (χ3n) is 3.06. The summed E-state index contributed by atoms with van der Waals surface area (Å²) >= 11 is 0. The molecule has 0 aromatic heterocycles. The Labute approximate surface area is 147 Å². The molecule has 0 aliphatic carbocycles. The van der Waals surface area contributed by atoms with E-state index < -0.39 is 24.0 Å².